The Morgan fingerprint density at radius 1 is 1.56 bits per heavy atom. The van der Waals surface area contributed by atoms with E-state index >= 15 is 0 Å². The third-order valence-corrected chi connectivity index (χ3v) is 3.35. The Hall–Kier alpha value is -1.78. The SMILES string of the molecule is CCc1oc(C(=O)N2CCC[C@H]2C(=O)O)cc1C. The molecule has 0 aromatic carbocycles. The van der Waals surface area contributed by atoms with Gasteiger partial charge in [-0.3, -0.25) is 4.79 Å². The summed E-state index contributed by atoms with van der Waals surface area (Å²) in [5.41, 5.74) is 0.937. The second-order valence-electron chi connectivity index (χ2n) is 4.57. The first-order chi connectivity index (χ1) is 8.54. The molecule has 0 unspecified atom stereocenters. The zero-order valence-corrected chi connectivity index (χ0v) is 10.6. The number of carboxylic acid groups (broad SMARTS) is 1. The van der Waals surface area contributed by atoms with E-state index in [1.54, 1.807) is 6.07 Å². The fourth-order valence-electron chi connectivity index (χ4n) is 2.38. The molecule has 2 rings (SSSR count). The quantitative estimate of drug-likeness (QED) is 0.889. The molecule has 0 bridgehead atoms. The minimum atomic E-state index is -0.945. The van der Waals surface area contributed by atoms with E-state index in [1.165, 1.54) is 4.90 Å². The van der Waals surface area contributed by atoms with E-state index in [4.69, 9.17) is 9.52 Å². The van der Waals surface area contributed by atoms with Crippen LogP contribution in [0.4, 0.5) is 0 Å². The molecule has 98 valence electrons. The summed E-state index contributed by atoms with van der Waals surface area (Å²) in [5, 5.41) is 9.06. The van der Waals surface area contributed by atoms with Gasteiger partial charge in [-0.2, -0.15) is 0 Å². The fourth-order valence-corrected chi connectivity index (χ4v) is 2.38. The molecule has 1 aromatic rings. The van der Waals surface area contributed by atoms with E-state index in [0.717, 1.165) is 24.2 Å². The fraction of sp³-hybridized carbons (Fsp3) is 0.538. The molecule has 0 saturated carbocycles. The monoisotopic (exact) mass is 251 g/mol. The number of aliphatic carboxylic acids is 1. The highest BCUT2D eigenvalue weighted by Gasteiger charge is 2.35. The van der Waals surface area contributed by atoms with Crippen LogP contribution < -0.4 is 0 Å². The largest absolute Gasteiger partial charge is 0.480 e. The van der Waals surface area contributed by atoms with Crippen molar-refractivity contribution in [3.05, 3.63) is 23.2 Å². The average molecular weight is 251 g/mol. The van der Waals surface area contributed by atoms with E-state index in [0.29, 0.717) is 13.0 Å². The molecule has 1 aromatic heterocycles. The van der Waals surface area contributed by atoms with Crippen molar-refractivity contribution in [1.82, 2.24) is 4.90 Å². The van der Waals surface area contributed by atoms with E-state index in [2.05, 4.69) is 0 Å². The summed E-state index contributed by atoms with van der Waals surface area (Å²) in [4.78, 5) is 24.7. The van der Waals surface area contributed by atoms with Crippen molar-refractivity contribution >= 4 is 11.9 Å². The smallest absolute Gasteiger partial charge is 0.326 e. The van der Waals surface area contributed by atoms with Crippen LogP contribution >= 0.6 is 0 Å². The Kier molecular flexibility index (Phi) is 3.41. The number of amides is 1. The number of carbonyl (C=O) groups excluding carboxylic acids is 1. The number of furan rings is 1. The van der Waals surface area contributed by atoms with Crippen molar-refractivity contribution < 1.29 is 19.1 Å². The first-order valence-corrected chi connectivity index (χ1v) is 6.17. The molecule has 5 heteroatoms. The standard InChI is InChI=1S/C13H17NO4/c1-3-10-8(2)7-11(18-10)12(15)14-6-4-5-9(14)13(16)17/h7,9H,3-6H2,1-2H3,(H,16,17)/t9-/m0/s1. The van der Waals surface area contributed by atoms with Crippen LogP contribution in [0, 0.1) is 6.92 Å². The van der Waals surface area contributed by atoms with Crippen LogP contribution in [0.25, 0.3) is 0 Å². The predicted molar refractivity (Wildman–Crippen MR) is 64.5 cm³/mol. The summed E-state index contributed by atoms with van der Waals surface area (Å²) in [7, 11) is 0. The van der Waals surface area contributed by atoms with Crippen LogP contribution in [0.3, 0.4) is 0 Å². The van der Waals surface area contributed by atoms with E-state index in [1.807, 2.05) is 13.8 Å². The van der Waals surface area contributed by atoms with Gasteiger partial charge < -0.3 is 14.4 Å². The Morgan fingerprint density at radius 2 is 2.28 bits per heavy atom. The predicted octanol–water partition coefficient (Wildman–Crippen LogP) is 1.84. The molecule has 1 saturated heterocycles. The molecule has 2 heterocycles. The number of carbonyl (C=O) groups is 2. The van der Waals surface area contributed by atoms with Gasteiger partial charge in [-0.15, -0.1) is 0 Å². The lowest BCUT2D eigenvalue weighted by Crippen LogP contribution is -2.40. The molecule has 1 atom stereocenters. The summed E-state index contributed by atoms with van der Waals surface area (Å²) in [6, 6.07) is 0.978. The molecule has 1 aliphatic rings. The summed E-state index contributed by atoms with van der Waals surface area (Å²) in [6.07, 6.45) is 1.96. The summed E-state index contributed by atoms with van der Waals surface area (Å²) in [5.74, 6) is -0.232. The van der Waals surface area contributed by atoms with Gasteiger partial charge in [0, 0.05) is 13.0 Å². The van der Waals surface area contributed by atoms with Gasteiger partial charge >= 0.3 is 5.97 Å². The van der Waals surface area contributed by atoms with Crippen LogP contribution in [0.5, 0.6) is 0 Å². The molecule has 1 aliphatic heterocycles. The summed E-state index contributed by atoms with van der Waals surface area (Å²) in [6.45, 7) is 4.32. The van der Waals surface area contributed by atoms with Gasteiger partial charge in [-0.1, -0.05) is 6.92 Å². The highest BCUT2D eigenvalue weighted by atomic mass is 16.4. The Labute approximate surface area is 105 Å². The Bertz CT molecular complexity index is 477. The summed E-state index contributed by atoms with van der Waals surface area (Å²) < 4.78 is 5.48. The molecule has 1 N–H and O–H groups in total. The van der Waals surface area contributed by atoms with Gasteiger partial charge in [0.15, 0.2) is 5.76 Å². The van der Waals surface area contributed by atoms with Crippen molar-refractivity contribution in [3.8, 4) is 0 Å². The number of hydrogen-bond acceptors (Lipinski definition) is 3. The molecular formula is C13H17NO4. The molecule has 0 radical (unpaired) electrons. The maximum Gasteiger partial charge on any atom is 0.326 e. The number of hydrogen-bond donors (Lipinski definition) is 1. The van der Waals surface area contributed by atoms with Crippen LogP contribution in [0.1, 0.15) is 41.6 Å². The summed E-state index contributed by atoms with van der Waals surface area (Å²) >= 11 is 0. The van der Waals surface area contributed by atoms with Crippen molar-refractivity contribution in [2.75, 3.05) is 6.54 Å². The van der Waals surface area contributed by atoms with Gasteiger partial charge in [0.2, 0.25) is 0 Å². The average Bonchev–Trinajstić information content (AvgIpc) is 2.93. The maximum absolute atomic E-state index is 12.2. The zero-order valence-electron chi connectivity index (χ0n) is 10.6. The molecule has 18 heavy (non-hydrogen) atoms. The van der Waals surface area contributed by atoms with Gasteiger partial charge in [0.1, 0.15) is 11.8 Å². The van der Waals surface area contributed by atoms with E-state index < -0.39 is 12.0 Å². The molecule has 0 aliphatic carbocycles. The Balaban J connectivity index is 2.22. The second-order valence-corrected chi connectivity index (χ2v) is 4.57. The molecular weight excluding hydrogens is 234 g/mol. The highest BCUT2D eigenvalue weighted by molar-refractivity contribution is 5.95. The van der Waals surface area contributed by atoms with Gasteiger partial charge in [0.25, 0.3) is 5.91 Å². The number of nitrogens with zero attached hydrogens (tertiary/aromatic N) is 1. The van der Waals surface area contributed by atoms with Gasteiger partial charge in [-0.05, 0) is 31.4 Å². The zero-order chi connectivity index (χ0) is 13.3. The van der Waals surface area contributed by atoms with Gasteiger partial charge in [0.05, 0.1) is 0 Å². The minimum Gasteiger partial charge on any atom is -0.480 e. The normalized spacial score (nSPS) is 19.2. The topological polar surface area (TPSA) is 70.8 Å². The lowest BCUT2D eigenvalue weighted by atomic mass is 10.2. The van der Waals surface area contributed by atoms with E-state index in [9.17, 15) is 9.59 Å². The first-order valence-electron chi connectivity index (χ1n) is 6.17. The van der Waals surface area contributed by atoms with Crippen molar-refractivity contribution in [3.63, 3.8) is 0 Å². The van der Waals surface area contributed by atoms with Gasteiger partial charge in [-0.25, -0.2) is 4.79 Å². The van der Waals surface area contributed by atoms with Crippen LogP contribution in [-0.2, 0) is 11.2 Å². The van der Waals surface area contributed by atoms with Crippen LogP contribution in [0.2, 0.25) is 0 Å². The number of aryl methyl sites for hydroxylation is 2. The second kappa shape index (κ2) is 4.84. The highest BCUT2D eigenvalue weighted by Crippen LogP contribution is 2.23. The molecule has 5 nitrogen and oxygen atoms in total. The van der Waals surface area contributed by atoms with Crippen molar-refractivity contribution in [2.45, 2.75) is 39.2 Å². The third-order valence-electron chi connectivity index (χ3n) is 3.35. The van der Waals surface area contributed by atoms with Crippen LogP contribution in [-0.4, -0.2) is 34.5 Å². The number of rotatable bonds is 3. The Morgan fingerprint density at radius 3 is 2.83 bits per heavy atom. The van der Waals surface area contributed by atoms with Crippen molar-refractivity contribution in [2.24, 2.45) is 0 Å². The number of carboxylic acids is 1. The molecule has 0 spiro atoms. The molecule has 1 amide bonds. The van der Waals surface area contributed by atoms with E-state index in [-0.39, 0.29) is 11.7 Å². The number of likely N-dealkylation sites (tertiary alicyclic amines) is 1. The first kappa shape index (κ1) is 12.7. The lowest BCUT2D eigenvalue weighted by Gasteiger charge is -2.19. The maximum atomic E-state index is 12.2. The van der Waals surface area contributed by atoms with Crippen molar-refractivity contribution in [1.29, 1.82) is 0 Å². The lowest BCUT2D eigenvalue weighted by molar-refractivity contribution is -0.141. The molecule has 1 fully saturated rings. The third kappa shape index (κ3) is 2.12. The van der Waals surface area contributed by atoms with Crippen LogP contribution in [0.15, 0.2) is 10.5 Å². The minimum absolute atomic E-state index is 0.248.